The normalized spacial score (nSPS) is 19.5. The first-order valence-corrected chi connectivity index (χ1v) is 8.55. The van der Waals surface area contributed by atoms with Crippen molar-refractivity contribution in [1.29, 1.82) is 0 Å². The fourth-order valence-electron chi connectivity index (χ4n) is 3.45. The maximum absolute atomic E-state index is 12.7. The maximum atomic E-state index is 12.7. The van der Waals surface area contributed by atoms with E-state index in [1.165, 1.54) is 0 Å². The zero-order valence-corrected chi connectivity index (χ0v) is 14.5. The molecule has 2 aromatic rings. The van der Waals surface area contributed by atoms with E-state index in [0.29, 0.717) is 17.6 Å². The van der Waals surface area contributed by atoms with Crippen LogP contribution in [-0.4, -0.2) is 44.4 Å². The topological polar surface area (TPSA) is 76.2 Å². The van der Waals surface area contributed by atoms with E-state index in [0.717, 1.165) is 37.9 Å². The molecule has 3 rings (SSSR count). The van der Waals surface area contributed by atoms with Gasteiger partial charge < -0.3 is 9.84 Å². The van der Waals surface area contributed by atoms with Crippen LogP contribution in [-0.2, 0) is 11.3 Å². The molecule has 24 heavy (non-hydrogen) atoms. The number of anilines is 1. The summed E-state index contributed by atoms with van der Waals surface area (Å²) in [5.41, 5.74) is 1.16. The lowest BCUT2D eigenvalue weighted by atomic mass is 10.1. The van der Waals surface area contributed by atoms with Gasteiger partial charge in [0.1, 0.15) is 5.76 Å². The summed E-state index contributed by atoms with van der Waals surface area (Å²) >= 11 is 0. The van der Waals surface area contributed by atoms with Gasteiger partial charge in [0.05, 0.1) is 18.8 Å². The van der Waals surface area contributed by atoms with E-state index in [-0.39, 0.29) is 11.9 Å². The lowest BCUT2D eigenvalue weighted by Gasteiger charge is -2.31. The molecule has 0 aliphatic carbocycles. The first-order valence-electron chi connectivity index (χ1n) is 8.55. The molecule has 1 aliphatic rings. The van der Waals surface area contributed by atoms with Crippen LogP contribution in [0, 0.1) is 13.8 Å². The second-order valence-corrected chi connectivity index (χ2v) is 6.51. The lowest BCUT2D eigenvalue weighted by Crippen LogP contribution is -2.47. The molecule has 1 fully saturated rings. The van der Waals surface area contributed by atoms with Crippen molar-refractivity contribution >= 4 is 11.7 Å². The number of nitrogens with one attached hydrogen (secondary N) is 1. The number of amides is 1. The number of carbonyl (C=O) groups excluding carboxylic acids is 1. The Morgan fingerprint density at radius 2 is 2.33 bits per heavy atom. The van der Waals surface area contributed by atoms with Crippen LogP contribution in [0.1, 0.15) is 37.5 Å². The summed E-state index contributed by atoms with van der Waals surface area (Å²) in [7, 11) is 0. The fraction of sp³-hybridized carbons (Fsp3) is 0.588. The second kappa shape index (κ2) is 7.17. The third-order valence-electron chi connectivity index (χ3n) is 4.55. The minimum atomic E-state index is -0.161. The van der Waals surface area contributed by atoms with Crippen LogP contribution in [0.3, 0.4) is 0 Å². The van der Waals surface area contributed by atoms with Crippen molar-refractivity contribution in [3.8, 4) is 0 Å². The molecule has 1 aliphatic heterocycles. The highest BCUT2D eigenvalue weighted by Gasteiger charge is 2.34. The number of rotatable bonds is 6. The van der Waals surface area contributed by atoms with Crippen LogP contribution < -0.4 is 5.32 Å². The molecule has 0 bridgehead atoms. The van der Waals surface area contributed by atoms with E-state index in [1.54, 1.807) is 6.07 Å². The highest BCUT2D eigenvalue weighted by atomic mass is 16.5. The summed E-state index contributed by atoms with van der Waals surface area (Å²) in [4.78, 5) is 15.0. The summed E-state index contributed by atoms with van der Waals surface area (Å²) in [6.45, 7) is 7.65. The average molecular weight is 331 g/mol. The molecule has 1 saturated heterocycles. The van der Waals surface area contributed by atoms with Gasteiger partial charge in [-0.2, -0.15) is 5.10 Å². The van der Waals surface area contributed by atoms with E-state index in [2.05, 4.69) is 26.7 Å². The third-order valence-corrected chi connectivity index (χ3v) is 4.55. The van der Waals surface area contributed by atoms with Crippen LogP contribution in [0.4, 0.5) is 5.82 Å². The predicted octanol–water partition coefficient (Wildman–Crippen LogP) is 2.37. The molecule has 3 heterocycles. The molecule has 2 atom stereocenters. The number of aromatic nitrogens is 3. The van der Waals surface area contributed by atoms with E-state index >= 15 is 0 Å². The smallest absolute Gasteiger partial charge is 0.242 e. The molecule has 2 aromatic heterocycles. The zero-order chi connectivity index (χ0) is 17.1. The number of hydrogen-bond acceptors (Lipinski definition) is 5. The highest BCUT2D eigenvalue weighted by molar-refractivity contribution is 5.94. The predicted molar refractivity (Wildman–Crippen MR) is 90.6 cm³/mol. The molecule has 0 unspecified atom stereocenters. The van der Waals surface area contributed by atoms with Gasteiger partial charge in [-0.3, -0.25) is 14.4 Å². The summed E-state index contributed by atoms with van der Waals surface area (Å²) in [6, 6.07) is 1.91. The van der Waals surface area contributed by atoms with Gasteiger partial charge in [-0.05, 0) is 45.2 Å². The lowest BCUT2D eigenvalue weighted by molar-refractivity contribution is -0.122. The highest BCUT2D eigenvalue weighted by Crippen LogP contribution is 2.24. The van der Waals surface area contributed by atoms with Gasteiger partial charge in [0.2, 0.25) is 5.91 Å². The van der Waals surface area contributed by atoms with E-state index in [4.69, 9.17) is 4.52 Å². The molecule has 0 aromatic carbocycles. The number of hydrogen-bond donors (Lipinski definition) is 1. The fourth-order valence-corrected chi connectivity index (χ4v) is 3.45. The molecule has 7 nitrogen and oxygen atoms in total. The van der Waals surface area contributed by atoms with E-state index < -0.39 is 0 Å². The Morgan fingerprint density at radius 1 is 1.50 bits per heavy atom. The van der Waals surface area contributed by atoms with Crippen LogP contribution in [0.2, 0.25) is 0 Å². The first kappa shape index (κ1) is 16.7. The maximum Gasteiger partial charge on any atom is 0.242 e. The molecular weight excluding hydrogens is 306 g/mol. The van der Waals surface area contributed by atoms with Gasteiger partial charge in [0.15, 0.2) is 5.82 Å². The number of nitrogens with zero attached hydrogens (tertiary/aromatic N) is 4. The van der Waals surface area contributed by atoms with Crippen molar-refractivity contribution in [2.75, 3.05) is 11.9 Å². The number of carbonyl (C=O) groups is 1. The Hall–Kier alpha value is -2.15. The molecule has 0 radical (unpaired) electrons. The van der Waals surface area contributed by atoms with Gasteiger partial charge in [-0.25, -0.2) is 0 Å². The number of aryl methyl sites for hydroxylation is 2. The molecule has 1 amide bonds. The van der Waals surface area contributed by atoms with Gasteiger partial charge in [0, 0.05) is 18.3 Å². The van der Waals surface area contributed by atoms with E-state index in [1.807, 2.05) is 31.6 Å². The van der Waals surface area contributed by atoms with Gasteiger partial charge in [0.25, 0.3) is 0 Å². The minimum Gasteiger partial charge on any atom is -0.360 e. The molecule has 0 saturated carbocycles. The van der Waals surface area contributed by atoms with Crippen LogP contribution in [0.25, 0.3) is 0 Å². The molecule has 130 valence electrons. The molecule has 1 N–H and O–H groups in total. The molecule has 7 heteroatoms. The van der Waals surface area contributed by atoms with Crippen LogP contribution in [0.5, 0.6) is 0 Å². The quantitative estimate of drug-likeness (QED) is 0.879. The monoisotopic (exact) mass is 331 g/mol. The van der Waals surface area contributed by atoms with Gasteiger partial charge in [-0.1, -0.05) is 12.1 Å². The van der Waals surface area contributed by atoms with Crippen molar-refractivity contribution < 1.29 is 9.32 Å². The van der Waals surface area contributed by atoms with Crippen molar-refractivity contribution in [3.05, 3.63) is 29.8 Å². The Bertz CT molecular complexity index is 693. The Kier molecular flexibility index (Phi) is 4.99. The second-order valence-electron chi connectivity index (χ2n) is 6.51. The first-order chi connectivity index (χ1) is 11.6. The standard InChI is InChI=1S/C17H25N5O2/c1-4-15(17(23)19-16-8-13(3)24-20-16)22-7-5-6-14(22)11-21-10-12(2)9-18-21/h8-10,14-15H,4-7,11H2,1-3H3,(H,19,20,23)/t14-,15-/m1/s1. The Labute approximate surface area is 142 Å². The molecular formula is C17H25N5O2. The Balaban J connectivity index is 1.67. The van der Waals surface area contributed by atoms with E-state index in [9.17, 15) is 4.79 Å². The van der Waals surface area contributed by atoms with Gasteiger partial charge in [-0.15, -0.1) is 0 Å². The number of likely N-dealkylation sites (tertiary alicyclic amines) is 1. The van der Waals surface area contributed by atoms with Gasteiger partial charge >= 0.3 is 0 Å². The summed E-state index contributed by atoms with van der Waals surface area (Å²) in [5.74, 6) is 1.15. The minimum absolute atomic E-state index is 0.0191. The van der Waals surface area contributed by atoms with Crippen molar-refractivity contribution in [2.24, 2.45) is 0 Å². The summed E-state index contributed by atoms with van der Waals surface area (Å²) < 4.78 is 6.99. The summed E-state index contributed by atoms with van der Waals surface area (Å²) in [6.07, 6.45) is 6.88. The SMILES string of the molecule is CC[C@H](C(=O)Nc1cc(C)on1)N1CCC[C@@H]1Cn1cc(C)cn1. The molecule has 0 spiro atoms. The van der Waals surface area contributed by atoms with Crippen LogP contribution >= 0.6 is 0 Å². The zero-order valence-electron chi connectivity index (χ0n) is 14.5. The largest absolute Gasteiger partial charge is 0.360 e. The van der Waals surface area contributed by atoms with Crippen molar-refractivity contribution in [2.45, 2.75) is 58.7 Å². The van der Waals surface area contributed by atoms with Crippen molar-refractivity contribution in [1.82, 2.24) is 19.8 Å². The average Bonchev–Trinajstić information content (AvgIpc) is 3.25. The third kappa shape index (κ3) is 3.67. The Morgan fingerprint density at radius 3 is 2.96 bits per heavy atom. The van der Waals surface area contributed by atoms with Crippen molar-refractivity contribution in [3.63, 3.8) is 0 Å². The summed E-state index contributed by atoms with van der Waals surface area (Å²) in [5, 5.41) is 11.1. The van der Waals surface area contributed by atoms with Crippen LogP contribution in [0.15, 0.2) is 23.0 Å².